The van der Waals surface area contributed by atoms with Crippen molar-refractivity contribution in [3.8, 4) is 28.9 Å². The molecule has 4 bridgehead atoms. The van der Waals surface area contributed by atoms with Crippen LogP contribution < -0.4 is 19.7 Å². The van der Waals surface area contributed by atoms with Gasteiger partial charge in [0.2, 0.25) is 5.88 Å². The number of aromatic hydroxyl groups is 1. The van der Waals surface area contributed by atoms with E-state index in [1.807, 2.05) is 18.2 Å². The van der Waals surface area contributed by atoms with Crippen molar-refractivity contribution in [2.45, 2.75) is 68.6 Å². The first kappa shape index (κ1) is 25.6. The highest BCUT2D eigenvalue weighted by atomic mass is 19.1. The van der Waals surface area contributed by atoms with Crippen molar-refractivity contribution in [1.29, 1.82) is 0 Å². The molecule has 9 nitrogen and oxygen atoms in total. The number of nitrogens with one attached hydrogen (secondary N) is 1. The first-order valence-corrected chi connectivity index (χ1v) is 16.2. The minimum absolute atomic E-state index is 0.0131. The zero-order valence-electron chi connectivity index (χ0n) is 24.8. The van der Waals surface area contributed by atoms with Gasteiger partial charge in [0.05, 0.1) is 11.1 Å². The third kappa shape index (κ3) is 3.22. The normalized spacial score (nSPS) is 29.0. The van der Waals surface area contributed by atoms with Crippen LogP contribution in [0.25, 0.3) is 32.9 Å². The number of aromatic nitrogens is 3. The van der Waals surface area contributed by atoms with Gasteiger partial charge in [-0.3, -0.25) is 4.90 Å². The predicted molar refractivity (Wildman–Crippen MR) is 164 cm³/mol. The zero-order chi connectivity index (χ0) is 29.4. The Kier molecular flexibility index (Phi) is 5.05. The standard InChI is InChI=1S/C34H35FN6O3/c1-2-18-6-3-7-19-12-21(42)14-22(24(18)19)27-26(35)28-25-30(39-32(38-28)44-16-33-8-4-10-40(33)11-5-9-33)41-15-20-13-23-29(36-20)34(23,41)17-43-31(25)37-27/h3,6-7,12,14,20,23,29,36,42H,2,4-5,8-11,13,15-17H2,1H3/t20-,23+,29?,34-/m1/s1. The highest BCUT2D eigenvalue weighted by Gasteiger charge is 2.76. The number of pyridine rings is 1. The number of piperazine rings is 1. The van der Waals surface area contributed by atoms with Crippen LogP contribution in [-0.4, -0.2) is 81.0 Å². The second-order valence-corrected chi connectivity index (χ2v) is 13.8. The number of ether oxygens (including phenoxy) is 2. The van der Waals surface area contributed by atoms with E-state index in [0.717, 1.165) is 61.7 Å². The Morgan fingerprint density at radius 2 is 2.00 bits per heavy atom. The molecule has 5 saturated heterocycles. The lowest BCUT2D eigenvalue weighted by Crippen LogP contribution is -2.60. The maximum Gasteiger partial charge on any atom is 0.319 e. The average Bonchev–Trinajstić information content (AvgIpc) is 3.35. The number of anilines is 1. The van der Waals surface area contributed by atoms with E-state index in [1.165, 1.54) is 12.8 Å². The molecule has 1 unspecified atom stereocenters. The summed E-state index contributed by atoms with van der Waals surface area (Å²) in [5, 5.41) is 16.7. The fourth-order valence-electron chi connectivity index (χ4n) is 9.64. The fourth-order valence-corrected chi connectivity index (χ4v) is 9.64. The van der Waals surface area contributed by atoms with E-state index in [1.54, 1.807) is 12.1 Å². The number of piperidine rings is 2. The van der Waals surface area contributed by atoms with Gasteiger partial charge in [0, 0.05) is 30.1 Å². The first-order chi connectivity index (χ1) is 21.5. The van der Waals surface area contributed by atoms with Gasteiger partial charge in [-0.2, -0.15) is 9.97 Å². The van der Waals surface area contributed by atoms with Gasteiger partial charge in [0.15, 0.2) is 5.82 Å². The Labute approximate surface area is 254 Å². The van der Waals surface area contributed by atoms with E-state index in [-0.39, 0.29) is 34.0 Å². The lowest BCUT2D eigenvalue weighted by atomic mass is 9.94. The second-order valence-electron chi connectivity index (χ2n) is 13.8. The summed E-state index contributed by atoms with van der Waals surface area (Å²) in [5.74, 6) is 0.966. The van der Waals surface area contributed by atoms with Crippen LogP contribution in [0.3, 0.4) is 0 Å². The molecule has 44 heavy (non-hydrogen) atoms. The molecule has 4 aromatic rings. The fraction of sp³-hybridized carbons (Fsp3) is 0.500. The van der Waals surface area contributed by atoms with E-state index in [2.05, 4.69) is 22.0 Å². The highest BCUT2D eigenvalue weighted by Crippen LogP contribution is 2.62. The first-order valence-electron chi connectivity index (χ1n) is 16.2. The second kappa shape index (κ2) is 8.69. The highest BCUT2D eigenvalue weighted by molar-refractivity contribution is 6.03. The molecule has 7 aliphatic rings. The Morgan fingerprint density at radius 3 is 2.80 bits per heavy atom. The molecule has 0 amide bonds. The van der Waals surface area contributed by atoms with Gasteiger partial charge in [0.1, 0.15) is 41.4 Å². The zero-order valence-corrected chi connectivity index (χ0v) is 24.8. The number of nitrogens with zero attached hydrogens (tertiary/aromatic N) is 5. The predicted octanol–water partition coefficient (Wildman–Crippen LogP) is 4.57. The summed E-state index contributed by atoms with van der Waals surface area (Å²) >= 11 is 0. The summed E-state index contributed by atoms with van der Waals surface area (Å²) in [5.41, 5.74) is 1.64. The quantitative estimate of drug-likeness (QED) is 0.345. The smallest absolute Gasteiger partial charge is 0.319 e. The largest absolute Gasteiger partial charge is 0.508 e. The van der Waals surface area contributed by atoms with Crippen LogP contribution >= 0.6 is 0 Å². The van der Waals surface area contributed by atoms with Crippen molar-refractivity contribution in [2.24, 2.45) is 5.92 Å². The maximum absolute atomic E-state index is 17.1. The molecule has 226 valence electrons. The monoisotopic (exact) mass is 594 g/mol. The summed E-state index contributed by atoms with van der Waals surface area (Å²) in [7, 11) is 0. The number of rotatable bonds is 5. The molecule has 2 N–H and O–H groups in total. The van der Waals surface area contributed by atoms with Crippen LogP contribution in [0.15, 0.2) is 30.3 Å². The Hall–Kier alpha value is -3.76. The molecular formula is C34H35FN6O3. The van der Waals surface area contributed by atoms with Crippen molar-refractivity contribution in [3.63, 3.8) is 0 Å². The lowest BCUT2D eigenvalue weighted by Gasteiger charge is -2.42. The van der Waals surface area contributed by atoms with Crippen LogP contribution in [0, 0.1) is 11.7 Å². The molecule has 11 rings (SSSR count). The molecule has 6 fully saturated rings. The van der Waals surface area contributed by atoms with Gasteiger partial charge in [-0.1, -0.05) is 25.1 Å². The molecule has 8 heterocycles. The number of hydrogen-bond acceptors (Lipinski definition) is 9. The maximum atomic E-state index is 17.1. The molecule has 1 spiro atoms. The van der Waals surface area contributed by atoms with Gasteiger partial charge in [-0.05, 0) is 80.1 Å². The molecule has 1 saturated carbocycles. The number of hydrogen-bond donors (Lipinski definition) is 2. The Bertz CT molecular complexity index is 1880. The number of benzene rings is 2. The summed E-state index contributed by atoms with van der Waals surface area (Å²) < 4.78 is 30.1. The SMILES string of the molecule is CCc1cccc2cc(O)cc(-c3nc4c5c(nc(OCC67CCCN6CCC7)nc5c3F)N3C[C@H]5C[C@H]6C(N5)[C@@]63CO4)c12. The van der Waals surface area contributed by atoms with Crippen molar-refractivity contribution < 1.29 is 19.0 Å². The number of phenols is 1. The van der Waals surface area contributed by atoms with Crippen LogP contribution in [0.1, 0.15) is 44.6 Å². The molecule has 10 heteroatoms. The Balaban J connectivity index is 1.18. The van der Waals surface area contributed by atoms with Crippen LogP contribution in [0.5, 0.6) is 17.6 Å². The van der Waals surface area contributed by atoms with E-state index in [0.29, 0.717) is 53.9 Å². The lowest BCUT2D eigenvalue weighted by molar-refractivity contribution is 0.107. The number of fused-ring (bicyclic) bond motifs is 2. The van der Waals surface area contributed by atoms with E-state index in [9.17, 15) is 5.11 Å². The van der Waals surface area contributed by atoms with Gasteiger partial charge < -0.3 is 24.8 Å². The van der Waals surface area contributed by atoms with Crippen molar-refractivity contribution in [3.05, 3.63) is 41.7 Å². The summed E-state index contributed by atoms with van der Waals surface area (Å²) in [6.45, 7) is 6.00. The van der Waals surface area contributed by atoms with Crippen LogP contribution in [0.4, 0.5) is 10.2 Å². The molecular weight excluding hydrogens is 559 g/mol. The Morgan fingerprint density at radius 1 is 1.14 bits per heavy atom. The van der Waals surface area contributed by atoms with Gasteiger partial charge in [-0.15, -0.1) is 0 Å². The van der Waals surface area contributed by atoms with Crippen LogP contribution in [-0.2, 0) is 6.42 Å². The number of phenolic OH excluding ortho intramolecular Hbond substituents is 1. The topological polar surface area (TPSA) is 95.9 Å². The van der Waals surface area contributed by atoms with Crippen LogP contribution in [0.2, 0.25) is 0 Å². The summed E-state index contributed by atoms with van der Waals surface area (Å²) in [4.78, 5) is 19.6. The van der Waals surface area contributed by atoms with Gasteiger partial charge >= 0.3 is 6.01 Å². The van der Waals surface area contributed by atoms with Crippen molar-refractivity contribution in [2.75, 3.05) is 37.7 Å². The minimum atomic E-state index is -0.552. The average molecular weight is 595 g/mol. The van der Waals surface area contributed by atoms with E-state index < -0.39 is 5.82 Å². The van der Waals surface area contributed by atoms with Crippen molar-refractivity contribution >= 4 is 27.5 Å². The molecule has 1 aliphatic carbocycles. The molecule has 4 atom stereocenters. The third-order valence-corrected chi connectivity index (χ3v) is 11.7. The van der Waals surface area contributed by atoms with E-state index >= 15 is 4.39 Å². The van der Waals surface area contributed by atoms with Crippen molar-refractivity contribution in [1.82, 2.24) is 25.2 Å². The number of halogens is 1. The number of aryl methyl sites for hydroxylation is 1. The molecule has 2 aromatic heterocycles. The van der Waals surface area contributed by atoms with Gasteiger partial charge in [0.25, 0.3) is 0 Å². The van der Waals surface area contributed by atoms with Gasteiger partial charge in [-0.25, -0.2) is 9.37 Å². The molecule has 0 radical (unpaired) electrons. The molecule has 6 aliphatic heterocycles. The van der Waals surface area contributed by atoms with E-state index in [4.69, 9.17) is 24.4 Å². The minimum Gasteiger partial charge on any atom is -0.508 e. The molecule has 2 aromatic carbocycles. The third-order valence-electron chi connectivity index (χ3n) is 11.7. The summed E-state index contributed by atoms with van der Waals surface area (Å²) in [6, 6.07) is 10.2. The summed E-state index contributed by atoms with van der Waals surface area (Å²) in [6.07, 6.45) is 6.41.